The first kappa shape index (κ1) is 10.3. The van der Waals surface area contributed by atoms with Crippen LogP contribution in [-0.4, -0.2) is 12.1 Å². The van der Waals surface area contributed by atoms with Crippen molar-refractivity contribution in [2.24, 2.45) is 0 Å². The first-order chi connectivity index (χ1) is 6.72. The third kappa shape index (κ3) is 3.31. The minimum Gasteiger partial charge on any atom is -0.465 e. The summed E-state index contributed by atoms with van der Waals surface area (Å²) in [5.41, 5.74) is 0. The lowest BCUT2D eigenvalue weighted by atomic mass is 10.3. The first-order valence-electron chi connectivity index (χ1n) is 4.27. The molecular weight excluding hydrogens is 180 g/mol. The van der Waals surface area contributed by atoms with E-state index in [2.05, 4.69) is 6.58 Å². The highest BCUT2D eigenvalue weighted by molar-refractivity contribution is 5.81. The molecule has 1 aromatic heterocycles. The van der Waals surface area contributed by atoms with Crippen LogP contribution >= 0.6 is 0 Å². The predicted molar refractivity (Wildman–Crippen MR) is 53.5 cm³/mol. The second kappa shape index (κ2) is 5.07. The Bertz CT molecular complexity index is 322. The van der Waals surface area contributed by atoms with Crippen LogP contribution in [0.3, 0.4) is 0 Å². The highest BCUT2D eigenvalue weighted by atomic mass is 16.5. The third-order valence-corrected chi connectivity index (χ3v) is 1.54. The molecule has 0 aliphatic rings. The quantitative estimate of drug-likeness (QED) is 0.543. The van der Waals surface area contributed by atoms with Gasteiger partial charge in [0.15, 0.2) is 0 Å². The van der Waals surface area contributed by atoms with Crippen LogP contribution in [0.4, 0.5) is 0 Å². The van der Waals surface area contributed by atoms with Crippen molar-refractivity contribution in [2.75, 3.05) is 0 Å². The van der Waals surface area contributed by atoms with Crippen LogP contribution in [0.1, 0.15) is 12.7 Å². The van der Waals surface area contributed by atoms with Crippen LogP contribution in [-0.2, 0) is 9.53 Å². The summed E-state index contributed by atoms with van der Waals surface area (Å²) in [6, 6.07) is 3.61. The fourth-order valence-electron chi connectivity index (χ4n) is 0.887. The largest absolute Gasteiger partial charge is 0.465 e. The van der Waals surface area contributed by atoms with Crippen molar-refractivity contribution in [2.45, 2.75) is 13.0 Å². The van der Waals surface area contributed by atoms with Gasteiger partial charge in [0.1, 0.15) is 11.9 Å². The van der Waals surface area contributed by atoms with Crippen molar-refractivity contribution in [3.63, 3.8) is 0 Å². The Morgan fingerprint density at radius 1 is 1.71 bits per heavy atom. The summed E-state index contributed by atoms with van der Waals surface area (Å²) in [6.45, 7) is 5.07. The van der Waals surface area contributed by atoms with Crippen LogP contribution < -0.4 is 0 Å². The molecule has 1 heterocycles. The van der Waals surface area contributed by atoms with E-state index in [-0.39, 0.29) is 6.10 Å². The van der Waals surface area contributed by atoms with Gasteiger partial charge in [-0.05, 0) is 31.2 Å². The molecule has 14 heavy (non-hydrogen) atoms. The van der Waals surface area contributed by atoms with Gasteiger partial charge in [0.2, 0.25) is 0 Å². The van der Waals surface area contributed by atoms with E-state index in [9.17, 15) is 4.79 Å². The topological polar surface area (TPSA) is 39.4 Å². The monoisotopic (exact) mass is 192 g/mol. The molecule has 0 unspecified atom stereocenters. The molecule has 0 saturated heterocycles. The SMILES string of the molecule is C=CC(=O)O[C@H](C)/C=C/c1ccco1. The lowest BCUT2D eigenvalue weighted by molar-refractivity contribution is -0.140. The fourth-order valence-corrected chi connectivity index (χ4v) is 0.887. The number of rotatable bonds is 4. The molecule has 0 bridgehead atoms. The fraction of sp³-hybridized carbons (Fsp3) is 0.182. The van der Waals surface area contributed by atoms with Crippen molar-refractivity contribution in [1.29, 1.82) is 0 Å². The maximum Gasteiger partial charge on any atom is 0.330 e. The lowest BCUT2D eigenvalue weighted by Crippen LogP contribution is -2.09. The van der Waals surface area contributed by atoms with E-state index >= 15 is 0 Å². The van der Waals surface area contributed by atoms with Crippen LogP contribution in [0.2, 0.25) is 0 Å². The Kier molecular flexibility index (Phi) is 3.73. The van der Waals surface area contributed by atoms with Gasteiger partial charge in [-0.1, -0.05) is 6.58 Å². The Labute approximate surface area is 82.7 Å². The van der Waals surface area contributed by atoms with Crippen molar-refractivity contribution >= 4 is 12.0 Å². The Morgan fingerprint density at radius 3 is 3.07 bits per heavy atom. The van der Waals surface area contributed by atoms with E-state index in [0.717, 1.165) is 11.8 Å². The van der Waals surface area contributed by atoms with Gasteiger partial charge in [-0.25, -0.2) is 4.79 Å². The number of furan rings is 1. The molecule has 74 valence electrons. The molecule has 0 aliphatic heterocycles. The summed E-state index contributed by atoms with van der Waals surface area (Å²) >= 11 is 0. The standard InChI is InChI=1S/C11H12O3/c1-3-11(12)14-9(2)6-7-10-5-4-8-13-10/h3-9H,1H2,2H3/b7-6+/t9-/m1/s1. The zero-order valence-corrected chi connectivity index (χ0v) is 7.97. The molecule has 0 saturated carbocycles. The zero-order chi connectivity index (χ0) is 10.4. The molecular formula is C11H12O3. The van der Waals surface area contributed by atoms with Gasteiger partial charge in [-0.2, -0.15) is 0 Å². The van der Waals surface area contributed by atoms with Gasteiger partial charge in [0.05, 0.1) is 6.26 Å². The maximum absolute atomic E-state index is 10.8. The minimum absolute atomic E-state index is 0.286. The summed E-state index contributed by atoms with van der Waals surface area (Å²) in [4.78, 5) is 10.8. The molecule has 0 radical (unpaired) electrons. The molecule has 0 N–H and O–H groups in total. The zero-order valence-electron chi connectivity index (χ0n) is 7.97. The molecule has 0 spiro atoms. The normalized spacial score (nSPS) is 12.6. The van der Waals surface area contributed by atoms with Crippen LogP contribution in [0, 0.1) is 0 Å². The highest BCUT2D eigenvalue weighted by Crippen LogP contribution is 2.04. The smallest absolute Gasteiger partial charge is 0.330 e. The van der Waals surface area contributed by atoms with E-state index < -0.39 is 5.97 Å². The molecule has 1 aromatic rings. The second-order valence-electron chi connectivity index (χ2n) is 2.72. The first-order valence-corrected chi connectivity index (χ1v) is 4.27. The highest BCUT2D eigenvalue weighted by Gasteiger charge is 2.01. The van der Waals surface area contributed by atoms with E-state index in [1.54, 1.807) is 31.4 Å². The van der Waals surface area contributed by atoms with Crippen LogP contribution in [0.5, 0.6) is 0 Å². The van der Waals surface area contributed by atoms with Gasteiger partial charge in [-0.3, -0.25) is 0 Å². The van der Waals surface area contributed by atoms with Crippen molar-refractivity contribution in [3.05, 3.63) is 42.9 Å². The molecule has 1 rings (SSSR count). The Morgan fingerprint density at radius 2 is 2.50 bits per heavy atom. The summed E-state index contributed by atoms with van der Waals surface area (Å²) in [7, 11) is 0. The number of ether oxygens (including phenoxy) is 1. The molecule has 1 atom stereocenters. The van der Waals surface area contributed by atoms with Gasteiger partial charge < -0.3 is 9.15 Å². The predicted octanol–water partition coefficient (Wildman–Crippen LogP) is 2.41. The Balaban J connectivity index is 2.44. The minimum atomic E-state index is -0.429. The van der Waals surface area contributed by atoms with Crippen molar-refractivity contribution < 1.29 is 13.9 Å². The third-order valence-electron chi connectivity index (χ3n) is 1.54. The number of hydrogen-bond acceptors (Lipinski definition) is 3. The Hall–Kier alpha value is -1.77. The summed E-state index contributed by atoms with van der Waals surface area (Å²) in [5.74, 6) is 0.299. The average molecular weight is 192 g/mol. The van der Waals surface area contributed by atoms with Gasteiger partial charge in [0.25, 0.3) is 0 Å². The molecule has 3 heteroatoms. The van der Waals surface area contributed by atoms with Crippen molar-refractivity contribution in [3.8, 4) is 0 Å². The van der Waals surface area contributed by atoms with Crippen molar-refractivity contribution in [1.82, 2.24) is 0 Å². The van der Waals surface area contributed by atoms with E-state index in [1.807, 2.05) is 6.07 Å². The summed E-state index contributed by atoms with van der Waals surface area (Å²) in [6.07, 6.45) is 5.92. The van der Waals surface area contributed by atoms with Gasteiger partial charge in [-0.15, -0.1) is 0 Å². The summed E-state index contributed by atoms with van der Waals surface area (Å²) in [5, 5.41) is 0. The number of carbonyl (C=O) groups is 1. The summed E-state index contributed by atoms with van der Waals surface area (Å²) < 4.78 is 9.98. The molecule has 0 fully saturated rings. The second-order valence-corrected chi connectivity index (χ2v) is 2.72. The average Bonchev–Trinajstić information content (AvgIpc) is 2.67. The number of hydrogen-bond donors (Lipinski definition) is 0. The number of carbonyl (C=O) groups excluding carboxylic acids is 1. The van der Waals surface area contributed by atoms with Crippen LogP contribution in [0.25, 0.3) is 6.08 Å². The molecule has 0 aliphatic carbocycles. The van der Waals surface area contributed by atoms with Gasteiger partial charge >= 0.3 is 5.97 Å². The van der Waals surface area contributed by atoms with E-state index in [4.69, 9.17) is 9.15 Å². The lowest BCUT2D eigenvalue weighted by Gasteiger charge is -2.05. The number of esters is 1. The van der Waals surface area contributed by atoms with E-state index in [0.29, 0.717) is 0 Å². The maximum atomic E-state index is 10.8. The van der Waals surface area contributed by atoms with Gasteiger partial charge in [0, 0.05) is 6.08 Å². The van der Waals surface area contributed by atoms with Crippen LogP contribution in [0.15, 0.2) is 41.5 Å². The molecule has 0 aromatic carbocycles. The molecule has 0 amide bonds. The molecule has 3 nitrogen and oxygen atoms in total. The van der Waals surface area contributed by atoms with E-state index in [1.165, 1.54) is 0 Å².